The van der Waals surface area contributed by atoms with E-state index in [1.165, 1.54) is 24.3 Å². The summed E-state index contributed by atoms with van der Waals surface area (Å²) < 4.78 is 46.1. The summed E-state index contributed by atoms with van der Waals surface area (Å²) in [6, 6.07) is 11.2. The molecule has 0 radical (unpaired) electrons. The number of hydrogen-bond acceptors (Lipinski definition) is 6. The van der Waals surface area contributed by atoms with Crippen molar-refractivity contribution in [3.63, 3.8) is 0 Å². The summed E-state index contributed by atoms with van der Waals surface area (Å²) in [4.78, 5) is 38.2. The van der Waals surface area contributed by atoms with Gasteiger partial charge in [0.25, 0.3) is 17.5 Å². The van der Waals surface area contributed by atoms with Gasteiger partial charge in [-0.3, -0.25) is 19.7 Å². The second kappa shape index (κ2) is 11.3. The molecule has 0 saturated carbocycles. The topological polar surface area (TPSA) is 114 Å². The van der Waals surface area contributed by atoms with Crippen molar-refractivity contribution < 1.29 is 32.4 Å². The normalized spacial score (nSPS) is 13.6. The molecule has 4 rings (SSSR count). The van der Waals surface area contributed by atoms with Crippen LogP contribution < -0.4 is 15.5 Å². The van der Waals surface area contributed by atoms with Crippen molar-refractivity contribution in [3.05, 3.63) is 92.0 Å². The average molecular weight is 563 g/mol. The number of carbonyl (C=O) groups is 2. The van der Waals surface area contributed by atoms with Crippen LogP contribution >= 0.6 is 11.6 Å². The summed E-state index contributed by atoms with van der Waals surface area (Å²) in [6.07, 6.45) is -4.67. The van der Waals surface area contributed by atoms with Crippen molar-refractivity contribution in [2.24, 2.45) is 0 Å². The maximum Gasteiger partial charge on any atom is 0.416 e. The molecule has 3 aromatic rings. The molecule has 204 valence electrons. The van der Waals surface area contributed by atoms with E-state index in [1.54, 1.807) is 17.9 Å². The third-order valence-electron chi connectivity index (χ3n) is 6.03. The molecule has 3 aromatic carbocycles. The molecule has 39 heavy (non-hydrogen) atoms. The number of ether oxygens (including phenoxy) is 1. The molecule has 13 heteroatoms. The van der Waals surface area contributed by atoms with Crippen molar-refractivity contribution in [3.8, 4) is 0 Å². The lowest BCUT2D eigenvalue weighted by Crippen LogP contribution is -2.36. The van der Waals surface area contributed by atoms with E-state index in [-0.39, 0.29) is 33.2 Å². The molecule has 1 fully saturated rings. The minimum Gasteiger partial charge on any atom is -0.378 e. The van der Waals surface area contributed by atoms with Gasteiger partial charge in [-0.25, -0.2) is 0 Å². The number of morpholine rings is 1. The van der Waals surface area contributed by atoms with Gasteiger partial charge in [0.1, 0.15) is 5.56 Å². The van der Waals surface area contributed by atoms with Gasteiger partial charge in [-0.2, -0.15) is 13.2 Å². The summed E-state index contributed by atoms with van der Waals surface area (Å²) >= 11 is 5.91. The summed E-state index contributed by atoms with van der Waals surface area (Å²) in [7, 11) is 0. The Kier molecular flexibility index (Phi) is 8.07. The second-order valence-electron chi connectivity index (χ2n) is 8.72. The monoisotopic (exact) mass is 562 g/mol. The van der Waals surface area contributed by atoms with Crippen LogP contribution in [-0.4, -0.2) is 43.0 Å². The van der Waals surface area contributed by atoms with Crippen molar-refractivity contribution in [2.75, 3.05) is 41.8 Å². The van der Waals surface area contributed by atoms with Crippen LogP contribution in [0.4, 0.5) is 35.9 Å². The molecule has 1 saturated heterocycles. The Hall–Kier alpha value is -4.16. The zero-order chi connectivity index (χ0) is 28.3. The number of alkyl halides is 3. The molecule has 0 aromatic heterocycles. The number of hydrogen-bond donors (Lipinski definition) is 2. The lowest BCUT2D eigenvalue weighted by atomic mass is 10.1. The molecule has 1 heterocycles. The van der Waals surface area contributed by atoms with Gasteiger partial charge in [0.2, 0.25) is 0 Å². The fourth-order valence-electron chi connectivity index (χ4n) is 3.99. The van der Waals surface area contributed by atoms with Crippen LogP contribution in [0.25, 0.3) is 0 Å². The van der Waals surface area contributed by atoms with Gasteiger partial charge in [0.05, 0.1) is 23.7 Å². The number of nitrogens with one attached hydrogen (secondary N) is 2. The summed E-state index contributed by atoms with van der Waals surface area (Å²) in [6.45, 7) is 3.14. The van der Waals surface area contributed by atoms with Crippen LogP contribution in [0, 0.1) is 17.0 Å². The molecule has 0 spiro atoms. The van der Waals surface area contributed by atoms with Crippen molar-refractivity contribution in [1.29, 1.82) is 0 Å². The molecule has 2 N–H and O–H groups in total. The van der Waals surface area contributed by atoms with Crippen LogP contribution in [-0.2, 0) is 10.9 Å². The SMILES string of the molecule is Cc1ccc(NC(=O)c2cc(N3CCOCC3)cc(C(F)(F)F)c2)cc1NC(=O)c1cc(Cl)ccc1[N+](=O)[O-]. The number of nitro groups is 1. The number of amides is 2. The third kappa shape index (κ3) is 6.65. The van der Waals surface area contributed by atoms with Gasteiger partial charge in [-0.1, -0.05) is 17.7 Å². The van der Waals surface area contributed by atoms with Crippen LogP contribution in [0.2, 0.25) is 5.02 Å². The Balaban J connectivity index is 1.59. The van der Waals surface area contributed by atoms with Crippen LogP contribution in [0.3, 0.4) is 0 Å². The summed E-state index contributed by atoms with van der Waals surface area (Å²) in [5.74, 6) is -1.59. The van der Waals surface area contributed by atoms with E-state index in [0.717, 1.165) is 24.3 Å². The predicted molar refractivity (Wildman–Crippen MR) is 140 cm³/mol. The van der Waals surface area contributed by atoms with Crippen LogP contribution in [0.15, 0.2) is 54.6 Å². The molecule has 1 aliphatic rings. The fourth-order valence-corrected chi connectivity index (χ4v) is 4.16. The van der Waals surface area contributed by atoms with Gasteiger partial charge < -0.3 is 20.3 Å². The third-order valence-corrected chi connectivity index (χ3v) is 6.26. The minimum atomic E-state index is -4.67. The number of nitrogens with zero attached hydrogens (tertiary/aromatic N) is 2. The van der Waals surface area contributed by atoms with E-state index in [9.17, 15) is 32.9 Å². The van der Waals surface area contributed by atoms with E-state index in [4.69, 9.17) is 16.3 Å². The van der Waals surface area contributed by atoms with Gasteiger partial charge >= 0.3 is 6.18 Å². The number of halogens is 4. The number of rotatable bonds is 6. The Bertz CT molecular complexity index is 1440. The first-order valence-electron chi connectivity index (χ1n) is 11.6. The molecule has 0 unspecified atom stereocenters. The Morgan fingerprint density at radius 2 is 1.72 bits per heavy atom. The van der Waals surface area contributed by atoms with Crippen molar-refractivity contribution in [1.82, 2.24) is 0 Å². The van der Waals surface area contributed by atoms with Crippen LogP contribution in [0.5, 0.6) is 0 Å². The van der Waals surface area contributed by atoms with Gasteiger partial charge in [-0.15, -0.1) is 0 Å². The molecule has 0 bridgehead atoms. The lowest BCUT2D eigenvalue weighted by Gasteiger charge is -2.29. The standard InChI is InChI=1S/C26H22ClF3N4O5/c1-15-2-4-19(14-22(15)32-25(36)21-13-18(27)3-5-23(21)34(37)38)31-24(35)16-10-17(26(28,29)30)12-20(11-16)33-6-8-39-9-7-33/h2-5,10-14H,6-9H2,1H3,(H,31,35)(H,32,36). The highest BCUT2D eigenvalue weighted by Gasteiger charge is 2.32. The second-order valence-corrected chi connectivity index (χ2v) is 9.16. The van der Waals surface area contributed by atoms with Gasteiger partial charge in [0.15, 0.2) is 0 Å². The highest BCUT2D eigenvalue weighted by Crippen LogP contribution is 2.34. The molecule has 0 atom stereocenters. The van der Waals surface area contributed by atoms with Crippen molar-refractivity contribution >= 4 is 46.2 Å². The molecule has 2 amide bonds. The largest absolute Gasteiger partial charge is 0.416 e. The maximum absolute atomic E-state index is 13.6. The molecular formula is C26H22ClF3N4O5. The Morgan fingerprint density at radius 3 is 2.38 bits per heavy atom. The first-order chi connectivity index (χ1) is 18.4. The van der Waals surface area contributed by atoms with Gasteiger partial charge in [-0.05, 0) is 55.0 Å². The molecular weight excluding hydrogens is 541 g/mol. The highest BCUT2D eigenvalue weighted by atomic mass is 35.5. The first-order valence-corrected chi connectivity index (χ1v) is 12.0. The highest BCUT2D eigenvalue weighted by molar-refractivity contribution is 6.31. The Morgan fingerprint density at radius 1 is 1.00 bits per heavy atom. The summed E-state index contributed by atoms with van der Waals surface area (Å²) in [5.41, 5.74) is -0.640. The summed E-state index contributed by atoms with van der Waals surface area (Å²) in [5, 5.41) is 16.6. The maximum atomic E-state index is 13.6. The number of aryl methyl sites for hydroxylation is 1. The first kappa shape index (κ1) is 27.9. The number of nitro benzene ring substituents is 1. The average Bonchev–Trinajstić information content (AvgIpc) is 2.90. The van der Waals surface area contributed by atoms with E-state index >= 15 is 0 Å². The molecule has 1 aliphatic heterocycles. The van der Waals surface area contributed by atoms with Crippen molar-refractivity contribution in [2.45, 2.75) is 13.1 Å². The zero-order valence-corrected chi connectivity index (χ0v) is 21.2. The van der Waals surface area contributed by atoms with E-state index in [0.29, 0.717) is 31.9 Å². The minimum absolute atomic E-state index is 0.126. The predicted octanol–water partition coefficient (Wildman–Crippen LogP) is 5.92. The van der Waals surface area contributed by atoms with Gasteiger partial charge in [0, 0.05) is 46.8 Å². The van der Waals surface area contributed by atoms with E-state index in [1.807, 2.05) is 0 Å². The van der Waals surface area contributed by atoms with Crippen LogP contribution in [0.1, 0.15) is 31.8 Å². The smallest absolute Gasteiger partial charge is 0.378 e. The van der Waals surface area contributed by atoms with E-state index < -0.39 is 34.2 Å². The molecule has 9 nitrogen and oxygen atoms in total. The Labute approximate surface area is 225 Å². The van der Waals surface area contributed by atoms with E-state index in [2.05, 4.69) is 10.6 Å². The molecule has 0 aliphatic carbocycles. The fraction of sp³-hybridized carbons (Fsp3) is 0.231. The zero-order valence-electron chi connectivity index (χ0n) is 20.5. The number of benzene rings is 3. The number of carbonyl (C=O) groups excluding carboxylic acids is 2. The lowest BCUT2D eigenvalue weighted by molar-refractivity contribution is -0.385. The quantitative estimate of drug-likeness (QED) is 0.285. The number of anilines is 3.